The summed E-state index contributed by atoms with van der Waals surface area (Å²) in [5.41, 5.74) is 0. The Bertz CT molecular complexity index is 683. The molecule has 24 heavy (non-hydrogen) atoms. The summed E-state index contributed by atoms with van der Waals surface area (Å²) in [6.45, 7) is 15.6. The van der Waals surface area contributed by atoms with Crippen LogP contribution in [0, 0.1) is 0 Å². The summed E-state index contributed by atoms with van der Waals surface area (Å²) in [4.78, 5) is 0. The molecule has 130 valence electrons. The molecule has 0 amide bonds. The van der Waals surface area contributed by atoms with E-state index in [0.717, 1.165) is 21.0 Å². The minimum absolute atomic E-state index is 0.433. The van der Waals surface area contributed by atoms with Crippen LogP contribution in [0.4, 0.5) is 0 Å². The van der Waals surface area contributed by atoms with E-state index in [1.807, 2.05) is 36.4 Å². The van der Waals surface area contributed by atoms with Crippen molar-refractivity contribution in [2.75, 3.05) is 6.66 Å². The molecule has 2 aromatic carbocycles. The fourth-order valence-electron chi connectivity index (χ4n) is 2.94. The molecule has 0 unspecified atom stereocenters. The number of phenols is 2. The third-order valence-electron chi connectivity index (χ3n) is 4.37. The lowest BCUT2D eigenvalue weighted by atomic mass is 10.3. The van der Waals surface area contributed by atoms with Gasteiger partial charge in [0.05, 0.1) is 16.1 Å². The van der Waals surface area contributed by atoms with E-state index >= 15 is 0 Å². The molecule has 2 aromatic rings. The topological polar surface area (TPSA) is 40.5 Å². The van der Waals surface area contributed by atoms with Crippen LogP contribution in [0.25, 0.3) is 0 Å². The van der Waals surface area contributed by atoms with Crippen LogP contribution in [0.5, 0.6) is 11.5 Å². The maximum absolute atomic E-state index is 10.9. The molecule has 0 aromatic heterocycles. The Balaban J connectivity index is 2.57. The normalized spacial score (nSPS) is 12.7. The second kappa shape index (κ2) is 6.66. The van der Waals surface area contributed by atoms with Crippen molar-refractivity contribution in [1.82, 2.24) is 0 Å². The number of aromatic hydroxyl groups is 2. The summed E-state index contributed by atoms with van der Waals surface area (Å²) in [7, 11) is -4.01. The molecule has 2 nitrogen and oxygen atoms in total. The number of rotatable bonds is 4. The van der Waals surface area contributed by atoms with Crippen molar-refractivity contribution in [1.29, 1.82) is 0 Å². The molecule has 0 bridgehead atoms. The highest BCUT2D eigenvalue weighted by Gasteiger charge is 2.27. The quantitative estimate of drug-likeness (QED) is 0.635. The molecule has 0 aliphatic heterocycles. The fraction of sp³-hybridized carbons (Fsp3) is 0.368. The van der Waals surface area contributed by atoms with Crippen molar-refractivity contribution in [2.24, 2.45) is 0 Å². The standard InChI is InChI=1S/C19H29O2PSi2/c1-22(14-10-8-12-16(18(14)20)23(2,3)4)15-11-9-13-17(19(15)21)24(5,6)7/h8-13,20-21H,1-7H3. The van der Waals surface area contributed by atoms with E-state index in [4.69, 9.17) is 0 Å². The Labute approximate surface area is 149 Å². The highest BCUT2D eigenvalue weighted by Crippen LogP contribution is 2.35. The molecule has 0 saturated carbocycles. The van der Waals surface area contributed by atoms with E-state index in [0.29, 0.717) is 11.5 Å². The molecule has 0 heterocycles. The van der Waals surface area contributed by atoms with Gasteiger partial charge in [0.25, 0.3) is 0 Å². The Morgan fingerprint density at radius 3 is 1.29 bits per heavy atom. The van der Waals surface area contributed by atoms with Gasteiger partial charge in [-0.15, -0.1) is 0 Å². The number of hydrogen-bond acceptors (Lipinski definition) is 2. The van der Waals surface area contributed by atoms with E-state index < -0.39 is 24.1 Å². The van der Waals surface area contributed by atoms with Crippen LogP contribution in [-0.4, -0.2) is 33.0 Å². The van der Waals surface area contributed by atoms with Gasteiger partial charge in [0, 0.05) is 10.6 Å². The van der Waals surface area contributed by atoms with Crippen LogP contribution in [0.15, 0.2) is 36.4 Å². The lowest BCUT2D eigenvalue weighted by Gasteiger charge is -2.25. The van der Waals surface area contributed by atoms with Gasteiger partial charge in [-0.1, -0.05) is 75.7 Å². The third-order valence-corrected chi connectivity index (χ3v) is 10.6. The van der Waals surface area contributed by atoms with Crippen molar-refractivity contribution in [3.05, 3.63) is 36.4 Å². The van der Waals surface area contributed by atoms with Gasteiger partial charge in [-0.3, -0.25) is 0 Å². The van der Waals surface area contributed by atoms with Crippen LogP contribution >= 0.6 is 7.92 Å². The van der Waals surface area contributed by atoms with E-state index in [1.54, 1.807) is 0 Å². The molecular formula is C19H29O2PSi2. The van der Waals surface area contributed by atoms with Gasteiger partial charge < -0.3 is 10.2 Å². The van der Waals surface area contributed by atoms with Crippen molar-refractivity contribution in [3.8, 4) is 11.5 Å². The molecule has 0 spiro atoms. The predicted molar refractivity (Wildman–Crippen MR) is 114 cm³/mol. The molecular weight excluding hydrogens is 347 g/mol. The van der Waals surface area contributed by atoms with Gasteiger partial charge in [-0.05, 0) is 25.0 Å². The minimum Gasteiger partial charge on any atom is -0.507 e. The van der Waals surface area contributed by atoms with E-state index in [2.05, 4.69) is 45.9 Å². The minimum atomic E-state index is -1.61. The largest absolute Gasteiger partial charge is 0.507 e. The average molecular weight is 377 g/mol. The first-order chi connectivity index (χ1) is 10.9. The molecule has 0 radical (unpaired) electrons. The Hall–Kier alpha value is -1.10. The van der Waals surface area contributed by atoms with Crippen molar-refractivity contribution in [2.45, 2.75) is 39.3 Å². The molecule has 5 heteroatoms. The summed E-state index contributed by atoms with van der Waals surface area (Å²) in [5, 5.41) is 25.8. The van der Waals surface area contributed by atoms with Crippen LogP contribution in [0.3, 0.4) is 0 Å². The molecule has 0 fully saturated rings. The first-order valence-corrected chi connectivity index (χ1v) is 17.1. The molecule has 0 atom stereocenters. The maximum atomic E-state index is 10.9. The lowest BCUT2D eigenvalue weighted by molar-refractivity contribution is 0.483. The summed E-state index contributed by atoms with van der Waals surface area (Å²) < 4.78 is 0. The predicted octanol–water partition coefficient (Wildman–Crippen LogP) is 3.25. The van der Waals surface area contributed by atoms with Crippen LogP contribution in [-0.2, 0) is 0 Å². The van der Waals surface area contributed by atoms with Gasteiger partial charge in [0.15, 0.2) is 0 Å². The van der Waals surface area contributed by atoms with E-state index in [1.165, 1.54) is 0 Å². The van der Waals surface area contributed by atoms with E-state index in [9.17, 15) is 10.2 Å². The zero-order chi connectivity index (χ0) is 18.3. The molecule has 2 N–H and O–H groups in total. The summed E-state index contributed by atoms with van der Waals surface area (Å²) in [6.07, 6.45) is 0. The second-order valence-electron chi connectivity index (χ2n) is 8.41. The van der Waals surface area contributed by atoms with Gasteiger partial charge >= 0.3 is 0 Å². The highest BCUT2D eigenvalue weighted by molar-refractivity contribution is 7.72. The number of phenolic OH excluding ortho intramolecular Hbond substituents is 2. The van der Waals surface area contributed by atoms with Crippen molar-refractivity contribution < 1.29 is 10.2 Å². The second-order valence-corrected chi connectivity index (χ2v) is 20.6. The number of para-hydroxylation sites is 2. The number of hydrogen-bond donors (Lipinski definition) is 2. The Morgan fingerprint density at radius 1 is 0.667 bits per heavy atom. The van der Waals surface area contributed by atoms with Gasteiger partial charge in [-0.2, -0.15) is 0 Å². The molecule has 0 aliphatic carbocycles. The lowest BCUT2D eigenvalue weighted by Crippen LogP contribution is -2.40. The van der Waals surface area contributed by atoms with Crippen molar-refractivity contribution in [3.63, 3.8) is 0 Å². The van der Waals surface area contributed by atoms with Gasteiger partial charge in [-0.25, -0.2) is 0 Å². The third kappa shape index (κ3) is 3.76. The van der Waals surface area contributed by atoms with Crippen LogP contribution in [0.2, 0.25) is 39.3 Å². The SMILES string of the molecule is CP(c1cccc([Si](C)(C)C)c1O)c1cccc([Si](C)(C)C)c1O. The molecule has 0 aliphatic rings. The highest BCUT2D eigenvalue weighted by atomic mass is 31.1. The smallest absolute Gasteiger partial charge is 0.122 e. The van der Waals surface area contributed by atoms with Crippen molar-refractivity contribution >= 4 is 45.1 Å². The monoisotopic (exact) mass is 376 g/mol. The van der Waals surface area contributed by atoms with Gasteiger partial charge in [0.1, 0.15) is 11.5 Å². The first-order valence-electron chi connectivity index (χ1n) is 8.33. The maximum Gasteiger partial charge on any atom is 0.122 e. The van der Waals surface area contributed by atoms with E-state index in [-0.39, 0.29) is 0 Å². The molecule has 0 saturated heterocycles. The first kappa shape index (κ1) is 19.2. The summed E-state index contributed by atoms with van der Waals surface area (Å²) >= 11 is 0. The summed E-state index contributed by atoms with van der Waals surface area (Å²) in [6, 6.07) is 12.2. The average Bonchev–Trinajstić information content (AvgIpc) is 2.44. The zero-order valence-electron chi connectivity index (χ0n) is 15.8. The summed E-state index contributed by atoms with van der Waals surface area (Å²) in [5.74, 6) is 0.867. The Morgan fingerprint density at radius 2 is 1.00 bits per heavy atom. The fourth-order valence-corrected chi connectivity index (χ4v) is 7.79. The zero-order valence-corrected chi connectivity index (χ0v) is 18.7. The van der Waals surface area contributed by atoms with Gasteiger partial charge in [0.2, 0.25) is 0 Å². The van der Waals surface area contributed by atoms with Crippen LogP contribution in [0.1, 0.15) is 0 Å². The van der Waals surface area contributed by atoms with Crippen LogP contribution < -0.4 is 21.0 Å². The number of benzene rings is 2. The Kier molecular flexibility index (Phi) is 5.34. The molecule has 2 rings (SSSR count).